The van der Waals surface area contributed by atoms with Crippen LogP contribution in [-0.2, 0) is 0 Å². The summed E-state index contributed by atoms with van der Waals surface area (Å²) in [4.78, 5) is 4.87. The molecule has 0 atom stereocenters. The van der Waals surface area contributed by atoms with E-state index in [1.807, 2.05) is 11.3 Å². The molecule has 0 spiro atoms. The molecule has 0 aliphatic rings. The van der Waals surface area contributed by atoms with Gasteiger partial charge in [0.25, 0.3) is 0 Å². The summed E-state index contributed by atoms with van der Waals surface area (Å²) in [7, 11) is 0. The molecule has 0 fully saturated rings. The van der Waals surface area contributed by atoms with E-state index in [2.05, 4.69) is 299 Å². The van der Waals surface area contributed by atoms with Crippen LogP contribution in [0.5, 0.6) is 0 Å². The van der Waals surface area contributed by atoms with Crippen LogP contribution in [0, 0.1) is 0 Å². The Balaban J connectivity index is 1.01. The van der Waals surface area contributed by atoms with E-state index in [1.165, 1.54) is 74.5 Å². The second-order valence-electron chi connectivity index (χ2n) is 21.1. The number of aromatic nitrogens is 1. The second-order valence-corrected chi connectivity index (χ2v) is 22.2. The fraction of sp³-hybridized carbons (Fsp3) is 0. The van der Waals surface area contributed by atoms with Gasteiger partial charge in [-0.25, -0.2) is 0 Å². The zero-order valence-corrected chi connectivity index (χ0v) is 44.6. The summed E-state index contributed by atoms with van der Waals surface area (Å²) in [5.41, 5.74) is 13.6. The fourth-order valence-electron chi connectivity index (χ4n) is 13.2. The number of hydrogen-bond donors (Lipinski definition) is 0. The van der Waals surface area contributed by atoms with Crippen LogP contribution in [0.25, 0.3) is 124 Å². The average Bonchev–Trinajstić information content (AvgIpc) is 4.17. The predicted molar refractivity (Wildman–Crippen MR) is 346 cm³/mol. The summed E-state index contributed by atoms with van der Waals surface area (Å²) in [6.07, 6.45) is 0. The normalized spacial score (nSPS) is 12.0. The highest BCUT2D eigenvalue weighted by atomic mass is 32.1. The minimum Gasteiger partial charge on any atom is -0.453 e. The maximum absolute atomic E-state index is 7.63. The average molecular weight is 1050 g/mol. The maximum atomic E-state index is 7.63. The number of furan rings is 1. The summed E-state index contributed by atoms with van der Waals surface area (Å²) in [6, 6.07) is 104. The van der Waals surface area contributed by atoms with Gasteiger partial charge in [-0.2, -0.15) is 0 Å². The highest BCUT2D eigenvalue weighted by Gasteiger charge is 2.28. The molecule has 0 amide bonds. The lowest BCUT2D eigenvalue weighted by molar-refractivity contribution is 0.673. The molecular weight excluding hydrogens is 1000 g/mol. The fourth-order valence-corrected chi connectivity index (χ4v) is 14.2. The van der Waals surface area contributed by atoms with Gasteiger partial charge in [0.1, 0.15) is 5.58 Å². The Kier molecular flexibility index (Phi) is 10.1. The molecule has 3 heterocycles. The Bertz CT molecular complexity index is 5370. The van der Waals surface area contributed by atoms with Crippen molar-refractivity contribution in [3.8, 4) is 16.8 Å². The minimum absolute atomic E-state index is 0.804. The molecule has 5 heteroatoms. The lowest BCUT2D eigenvalue weighted by Gasteiger charge is -2.30. The van der Waals surface area contributed by atoms with Gasteiger partial charge >= 0.3 is 0 Å². The van der Waals surface area contributed by atoms with Gasteiger partial charge in [0.05, 0.1) is 22.4 Å². The van der Waals surface area contributed by atoms with E-state index < -0.39 is 0 Å². The first kappa shape index (κ1) is 45.5. The van der Waals surface area contributed by atoms with Crippen molar-refractivity contribution in [1.82, 2.24) is 4.57 Å². The quantitative estimate of drug-likeness (QED) is 0.142. The number of para-hydroxylation sites is 4. The lowest BCUT2D eigenvalue weighted by atomic mass is 9.90. The Morgan fingerprint density at radius 2 is 0.802 bits per heavy atom. The molecule has 0 aliphatic heterocycles. The summed E-state index contributed by atoms with van der Waals surface area (Å²) in [5, 5.41) is 16.3. The van der Waals surface area contributed by atoms with Gasteiger partial charge in [0, 0.05) is 86.3 Å². The van der Waals surface area contributed by atoms with Gasteiger partial charge in [-0.3, -0.25) is 0 Å². The highest BCUT2D eigenvalue weighted by molar-refractivity contribution is 7.25. The summed E-state index contributed by atoms with van der Waals surface area (Å²) >= 11 is 1.84. The molecule has 3 aromatic heterocycles. The van der Waals surface area contributed by atoms with Crippen LogP contribution in [0.15, 0.2) is 290 Å². The van der Waals surface area contributed by atoms with E-state index >= 15 is 0 Å². The van der Waals surface area contributed by atoms with E-state index in [0.29, 0.717) is 0 Å². The first-order chi connectivity index (χ1) is 40.2. The summed E-state index contributed by atoms with van der Waals surface area (Å²) in [5.74, 6) is 0. The Labute approximate surface area is 470 Å². The summed E-state index contributed by atoms with van der Waals surface area (Å²) in [6.45, 7) is 0. The Morgan fingerprint density at radius 1 is 0.284 bits per heavy atom. The molecule has 0 unspecified atom stereocenters. The van der Waals surface area contributed by atoms with Crippen molar-refractivity contribution in [2.45, 2.75) is 0 Å². The molecule has 14 aromatic carbocycles. The first-order valence-electron chi connectivity index (χ1n) is 27.6. The number of nitrogens with zero attached hydrogens (tertiary/aromatic N) is 3. The molecule has 81 heavy (non-hydrogen) atoms. The molecule has 0 radical (unpaired) electrons. The Hall–Kier alpha value is -10.5. The van der Waals surface area contributed by atoms with Crippen molar-refractivity contribution in [2.75, 3.05) is 9.80 Å². The van der Waals surface area contributed by atoms with Gasteiger partial charge in [-0.1, -0.05) is 188 Å². The molecular formula is C76H47N3OS. The second kappa shape index (κ2) is 18.0. The van der Waals surface area contributed by atoms with Crippen LogP contribution in [0.4, 0.5) is 34.1 Å². The maximum Gasteiger partial charge on any atom is 0.159 e. The van der Waals surface area contributed by atoms with Gasteiger partial charge in [0.15, 0.2) is 5.58 Å². The standard InChI is InChI=1S/C76H47N3OS/c1-4-23-49(24-5-1)77(52-40-41-73-65(43-52)60-35-19-21-39-72(60)81-73)71-45-53(78(50-25-6-2-7-26-50)70-42-48-22-10-11-29-54(48)55-30-12-15-33-58(55)70)44-67-68-47-64(57-32-14-17-37-62(57)75(68)80-76(67)71)63-46-66-59-34-18-20-38-69(59)79(51-27-8-3-9-28-51)74(66)61-36-16-13-31-56(61)63/h1-47H. The van der Waals surface area contributed by atoms with Gasteiger partial charge in [0.2, 0.25) is 0 Å². The number of thiophene rings is 1. The molecule has 0 saturated heterocycles. The molecule has 17 rings (SSSR count). The smallest absolute Gasteiger partial charge is 0.159 e. The third-order valence-corrected chi connectivity index (χ3v) is 17.8. The zero-order valence-electron chi connectivity index (χ0n) is 43.8. The van der Waals surface area contributed by atoms with Crippen LogP contribution >= 0.6 is 11.3 Å². The molecule has 0 aliphatic carbocycles. The van der Waals surface area contributed by atoms with E-state index in [4.69, 9.17) is 4.42 Å². The number of anilines is 6. The lowest BCUT2D eigenvalue weighted by Crippen LogP contribution is -2.14. The topological polar surface area (TPSA) is 24.6 Å². The van der Waals surface area contributed by atoms with Crippen LogP contribution in [0.2, 0.25) is 0 Å². The van der Waals surface area contributed by atoms with Crippen molar-refractivity contribution in [1.29, 1.82) is 0 Å². The van der Waals surface area contributed by atoms with Crippen molar-refractivity contribution in [2.24, 2.45) is 0 Å². The molecule has 0 N–H and O–H groups in total. The molecule has 17 aromatic rings. The number of rotatable bonds is 8. The molecule has 4 nitrogen and oxygen atoms in total. The molecule has 0 bridgehead atoms. The number of hydrogen-bond acceptors (Lipinski definition) is 4. The van der Waals surface area contributed by atoms with E-state index in [1.54, 1.807) is 0 Å². The van der Waals surface area contributed by atoms with Crippen molar-refractivity contribution in [3.63, 3.8) is 0 Å². The van der Waals surface area contributed by atoms with Crippen molar-refractivity contribution in [3.05, 3.63) is 285 Å². The van der Waals surface area contributed by atoms with Crippen molar-refractivity contribution >= 4 is 152 Å². The van der Waals surface area contributed by atoms with Crippen LogP contribution < -0.4 is 9.80 Å². The largest absolute Gasteiger partial charge is 0.453 e. The third kappa shape index (κ3) is 7.02. The Morgan fingerprint density at radius 3 is 1.54 bits per heavy atom. The SMILES string of the molecule is c1ccc(N(c2cc(N(c3ccccc3)c3ccc4sc5ccccc5c4c3)c3oc4c5ccccc5c(-c5cc6c7ccccc7n(-c7ccccc7)c6c6ccccc56)cc4c3c2)c2cc3ccccc3c3ccccc23)cc1. The molecule has 0 saturated carbocycles. The van der Waals surface area contributed by atoms with Gasteiger partial charge in [-0.05, 0) is 135 Å². The van der Waals surface area contributed by atoms with Crippen LogP contribution in [-0.4, -0.2) is 4.57 Å². The predicted octanol–water partition coefficient (Wildman–Crippen LogP) is 22.3. The minimum atomic E-state index is 0.804. The molecule has 378 valence electrons. The van der Waals surface area contributed by atoms with E-state index in [9.17, 15) is 0 Å². The number of benzene rings is 14. The first-order valence-corrected chi connectivity index (χ1v) is 28.5. The van der Waals surface area contributed by atoms with Crippen LogP contribution in [0.3, 0.4) is 0 Å². The third-order valence-electron chi connectivity index (χ3n) is 16.7. The van der Waals surface area contributed by atoms with Gasteiger partial charge in [-0.15, -0.1) is 11.3 Å². The van der Waals surface area contributed by atoms with E-state index in [-0.39, 0.29) is 0 Å². The monoisotopic (exact) mass is 1050 g/mol. The van der Waals surface area contributed by atoms with E-state index in [0.717, 1.165) is 83.5 Å². The highest BCUT2D eigenvalue weighted by Crippen LogP contribution is 2.52. The van der Waals surface area contributed by atoms with Crippen molar-refractivity contribution < 1.29 is 4.42 Å². The van der Waals surface area contributed by atoms with Gasteiger partial charge < -0.3 is 18.8 Å². The number of fused-ring (bicyclic) bond motifs is 16. The zero-order chi connectivity index (χ0) is 53.1. The summed E-state index contributed by atoms with van der Waals surface area (Å²) < 4.78 is 12.6. The van der Waals surface area contributed by atoms with Crippen LogP contribution in [0.1, 0.15) is 0 Å².